The van der Waals surface area contributed by atoms with E-state index in [0.29, 0.717) is 12.8 Å². The van der Waals surface area contributed by atoms with E-state index in [1.54, 1.807) is 0 Å². The molecule has 13 N–H and O–H groups in total. The van der Waals surface area contributed by atoms with Crippen molar-refractivity contribution in [2.45, 2.75) is 62.7 Å². The Morgan fingerprint density at radius 1 is 0.943 bits per heavy atom. The molecule has 16 nitrogen and oxygen atoms in total. The van der Waals surface area contributed by atoms with Gasteiger partial charge in [0.05, 0.1) is 18.9 Å². The number of hydrogen-bond acceptors (Lipinski definition) is 8. The van der Waals surface area contributed by atoms with Crippen LogP contribution in [0.25, 0.3) is 0 Å². The summed E-state index contributed by atoms with van der Waals surface area (Å²) in [4.78, 5) is 77.4. The number of carboxylic acid groups (broad SMARTS) is 1. The fourth-order valence-electron chi connectivity index (χ4n) is 3.50. The molecular formula is C19H33N9O7. The van der Waals surface area contributed by atoms with Crippen LogP contribution >= 0.6 is 0 Å². The molecule has 0 aliphatic carbocycles. The number of primary amides is 2. The molecule has 1 heterocycles. The molecule has 4 unspecified atom stereocenters. The van der Waals surface area contributed by atoms with Crippen molar-refractivity contribution < 1.29 is 33.9 Å². The highest BCUT2D eigenvalue weighted by molar-refractivity contribution is 5.97. The third kappa shape index (κ3) is 9.83. The van der Waals surface area contributed by atoms with Crippen molar-refractivity contribution in [1.29, 1.82) is 0 Å². The first-order valence-electron chi connectivity index (χ1n) is 10.8. The maximum absolute atomic E-state index is 12.9. The number of carbonyl (C=O) groups is 6. The minimum absolute atomic E-state index is 0.108. The second-order valence-electron chi connectivity index (χ2n) is 8.05. The largest absolute Gasteiger partial charge is 0.480 e. The number of nitrogens with zero attached hydrogens (tertiary/aromatic N) is 2. The van der Waals surface area contributed by atoms with Crippen LogP contribution in [-0.4, -0.2) is 88.7 Å². The second-order valence-corrected chi connectivity index (χ2v) is 8.05. The molecule has 0 radical (unpaired) electrons. The minimum atomic E-state index is -1.51. The molecule has 0 spiro atoms. The summed E-state index contributed by atoms with van der Waals surface area (Å²) >= 11 is 0. The lowest BCUT2D eigenvalue weighted by Gasteiger charge is -2.28. The first-order valence-corrected chi connectivity index (χ1v) is 10.8. The van der Waals surface area contributed by atoms with E-state index in [4.69, 9.17) is 28.7 Å². The van der Waals surface area contributed by atoms with Gasteiger partial charge >= 0.3 is 5.97 Å². The summed E-state index contributed by atoms with van der Waals surface area (Å²) in [6.45, 7) is 0.330. The molecule has 4 atom stereocenters. The van der Waals surface area contributed by atoms with Crippen LogP contribution in [0, 0.1) is 0 Å². The van der Waals surface area contributed by atoms with Gasteiger partial charge < -0.3 is 49.3 Å². The average Bonchev–Trinajstić information content (AvgIpc) is 3.24. The van der Waals surface area contributed by atoms with E-state index < -0.39 is 72.5 Å². The van der Waals surface area contributed by atoms with Crippen molar-refractivity contribution >= 4 is 41.5 Å². The van der Waals surface area contributed by atoms with Gasteiger partial charge in [0.15, 0.2) is 5.96 Å². The van der Waals surface area contributed by atoms with Crippen LogP contribution in [0.3, 0.4) is 0 Å². The molecule has 0 bridgehead atoms. The van der Waals surface area contributed by atoms with Crippen LogP contribution in [0.15, 0.2) is 4.99 Å². The molecule has 1 rings (SSSR count). The quantitative estimate of drug-likeness (QED) is 0.0640. The van der Waals surface area contributed by atoms with E-state index in [1.807, 2.05) is 0 Å². The zero-order valence-electron chi connectivity index (χ0n) is 19.1. The Morgan fingerprint density at radius 2 is 1.51 bits per heavy atom. The lowest BCUT2D eigenvalue weighted by molar-refractivity contribution is -0.149. The number of nitrogens with one attached hydrogen (secondary N) is 2. The summed E-state index contributed by atoms with van der Waals surface area (Å²) in [5.41, 5.74) is 26.6. The Balaban J connectivity index is 2.92. The first kappa shape index (κ1) is 29.1. The van der Waals surface area contributed by atoms with Crippen LogP contribution in [0.4, 0.5) is 0 Å². The molecule has 0 aromatic rings. The van der Waals surface area contributed by atoms with Gasteiger partial charge in [-0.25, -0.2) is 4.79 Å². The summed E-state index contributed by atoms with van der Waals surface area (Å²) < 4.78 is 0. The van der Waals surface area contributed by atoms with E-state index in [-0.39, 0.29) is 31.9 Å². The Hall–Kier alpha value is -3.95. The number of aliphatic imine (C=N–C) groups is 1. The zero-order chi connectivity index (χ0) is 26.7. The van der Waals surface area contributed by atoms with Gasteiger partial charge in [0, 0.05) is 13.1 Å². The molecule has 1 aliphatic heterocycles. The molecule has 35 heavy (non-hydrogen) atoms. The molecule has 5 amide bonds. The number of guanidine groups is 1. The van der Waals surface area contributed by atoms with Crippen molar-refractivity contribution in [3.63, 3.8) is 0 Å². The van der Waals surface area contributed by atoms with Crippen LogP contribution < -0.4 is 39.3 Å². The van der Waals surface area contributed by atoms with Gasteiger partial charge in [-0.05, 0) is 25.7 Å². The predicted octanol–water partition coefficient (Wildman–Crippen LogP) is -4.84. The maximum Gasteiger partial charge on any atom is 0.326 e. The number of carbonyl (C=O) groups excluding carboxylic acids is 5. The highest BCUT2D eigenvalue weighted by Crippen LogP contribution is 2.19. The van der Waals surface area contributed by atoms with Gasteiger partial charge in [-0.15, -0.1) is 0 Å². The molecule has 196 valence electrons. The van der Waals surface area contributed by atoms with Crippen molar-refractivity contribution in [2.75, 3.05) is 13.1 Å². The number of amides is 5. The fraction of sp³-hybridized carbons (Fsp3) is 0.632. The smallest absolute Gasteiger partial charge is 0.326 e. The third-order valence-electron chi connectivity index (χ3n) is 5.18. The van der Waals surface area contributed by atoms with Crippen molar-refractivity contribution in [3.8, 4) is 0 Å². The SMILES string of the molecule is NC(=O)CC(NC(=O)C(N)CCCN=C(N)N)C(=O)NC(CC(N)=O)C(=O)N1CCCC1C(=O)O. The summed E-state index contributed by atoms with van der Waals surface area (Å²) in [5, 5.41) is 13.9. The normalized spacial score (nSPS) is 17.5. The Bertz CT molecular complexity index is 860. The highest BCUT2D eigenvalue weighted by atomic mass is 16.4. The first-order chi connectivity index (χ1) is 16.3. The molecule has 0 aromatic heterocycles. The van der Waals surface area contributed by atoms with Crippen LogP contribution in [0.5, 0.6) is 0 Å². The van der Waals surface area contributed by atoms with Crippen LogP contribution in [-0.2, 0) is 28.8 Å². The molecular weight excluding hydrogens is 466 g/mol. The van der Waals surface area contributed by atoms with Crippen molar-refractivity contribution in [1.82, 2.24) is 15.5 Å². The molecule has 1 saturated heterocycles. The van der Waals surface area contributed by atoms with Gasteiger partial charge in [0.2, 0.25) is 29.5 Å². The van der Waals surface area contributed by atoms with Gasteiger partial charge in [-0.2, -0.15) is 0 Å². The second kappa shape index (κ2) is 13.7. The number of carboxylic acids is 1. The van der Waals surface area contributed by atoms with Crippen LogP contribution in [0.1, 0.15) is 38.5 Å². The number of rotatable bonds is 14. The van der Waals surface area contributed by atoms with Crippen LogP contribution in [0.2, 0.25) is 0 Å². The molecule has 0 aromatic carbocycles. The van der Waals surface area contributed by atoms with E-state index in [1.165, 1.54) is 0 Å². The fourth-order valence-corrected chi connectivity index (χ4v) is 3.50. The minimum Gasteiger partial charge on any atom is -0.480 e. The topological polar surface area (TPSA) is 292 Å². The van der Waals surface area contributed by atoms with Gasteiger partial charge in [0.1, 0.15) is 18.1 Å². The Kier molecular flexibility index (Phi) is 11.4. The number of likely N-dealkylation sites (tertiary alicyclic amines) is 1. The summed E-state index contributed by atoms with van der Waals surface area (Å²) in [5.74, 6) is -5.84. The van der Waals surface area contributed by atoms with Crippen molar-refractivity contribution in [2.24, 2.45) is 33.7 Å². The standard InChI is InChI=1S/C19H33N9O7/c20-9(3-1-5-25-19(23)24)15(31)26-10(7-13(21)29)16(32)27-11(8-14(22)30)17(33)28-6-2-4-12(28)18(34)35/h9-12H,1-8,20H2,(H2,21,29)(H2,22,30)(H,26,31)(H,27,32)(H,34,35)(H4,23,24,25). The average molecular weight is 500 g/mol. The maximum atomic E-state index is 12.9. The van der Waals surface area contributed by atoms with Gasteiger partial charge in [-0.1, -0.05) is 0 Å². The van der Waals surface area contributed by atoms with Gasteiger partial charge in [0.25, 0.3) is 0 Å². The molecule has 1 fully saturated rings. The zero-order valence-corrected chi connectivity index (χ0v) is 19.1. The van der Waals surface area contributed by atoms with Gasteiger partial charge in [-0.3, -0.25) is 29.0 Å². The van der Waals surface area contributed by atoms with E-state index in [2.05, 4.69) is 15.6 Å². The summed E-state index contributed by atoms with van der Waals surface area (Å²) in [6, 6.07) is -5.22. The predicted molar refractivity (Wildman–Crippen MR) is 122 cm³/mol. The lowest BCUT2D eigenvalue weighted by Crippen LogP contribution is -2.58. The third-order valence-corrected chi connectivity index (χ3v) is 5.18. The monoisotopic (exact) mass is 499 g/mol. The van der Waals surface area contributed by atoms with E-state index in [0.717, 1.165) is 4.90 Å². The number of nitrogens with two attached hydrogens (primary N) is 5. The lowest BCUT2D eigenvalue weighted by atomic mass is 10.1. The molecule has 0 saturated carbocycles. The number of aliphatic carboxylic acids is 1. The Morgan fingerprint density at radius 3 is 2.06 bits per heavy atom. The molecule has 16 heteroatoms. The van der Waals surface area contributed by atoms with E-state index >= 15 is 0 Å². The summed E-state index contributed by atoms with van der Waals surface area (Å²) in [6.07, 6.45) is -0.121. The van der Waals surface area contributed by atoms with E-state index in [9.17, 15) is 33.9 Å². The summed E-state index contributed by atoms with van der Waals surface area (Å²) in [7, 11) is 0. The Labute approximate surface area is 201 Å². The van der Waals surface area contributed by atoms with Crippen molar-refractivity contribution in [3.05, 3.63) is 0 Å². The highest BCUT2D eigenvalue weighted by Gasteiger charge is 2.39. The molecule has 1 aliphatic rings. The number of hydrogen-bond donors (Lipinski definition) is 8.